The van der Waals surface area contributed by atoms with E-state index in [2.05, 4.69) is 15.3 Å². The van der Waals surface area contributed by atoms with Crippen molar-refractivity contribution in [1.29, 1.82) is 0 Å². The predicted molar refractivity (Wildman–Crippen MR) is 98.6 cm³/mol. The van der Waals surface area contributed by atoms with Crippen molar-refractivity contribution in [3.8, 4) is 0 Å². The van der Waals surface area contributed by atoms with Gasteiger partial charge in [0.2, 0.25) is 5.92 Å². The van der Waals surface area contributed by atoms with E-state index in [9.17, 15) is 19.0 Å². The lowest BCUT2D eigenvalue weighted by Gasteiger charge is -2.33. The summed E-state index contributed by atoms with van der Waals surface area (Å²) in [6.45, 7) is 3.99. The maximum atomic E-state index is 13.4. The number of aliphatic hydroxyl groups excluding tert-OH is 2. The van der Waals surface area contributed by atoms with Crippen molar-refractivity contribution in [2.45, 2.75) is 82.4 Å². The molecule has 7 heteroatoms. The highest BCUT2D eigenvalue weighted by Gasteiger charge is 2.44. The van der Waals surface area contributed by atoms with Gasteiger partial charge in [0.05, 0.1) is 6.10 Å². The lowest BCUT2D eigenvalue weighted by atomic mass is 9.87. The van der Waals surface area contributed by atoms with Gasteiger partial charge in [-0.15, -0.1) is 0 Å². The van der Waals surface area contributed by atoms with E-state index in [0.717, 1.165) is 11.5 Å². The Morgan fingerprint density at radius 3 is 2.59 bits per heavy atom. The Bertz CT molecular complexity index is 619. The van der Waals surface area contributed by atoms with Crippen molar-refractivity contribution < 1.29 is 19.0 Å². The standard InChI is InChI=1S/C20H31F2N3O2/c1-12(2)19-23-8-5-14(25-19)9-15-16(11-26)18(27)10-17(15)24-13-3-6-20(21,22)7-4-13/h5,8,12-13,15-18,24,26-27H,3-4,6-7,9-11H2,1-2H3. The molecule has 0 aromatic carbocycles. The van der Waals surface area contributed by atoms with Crippen molar-refractivity contribution in [2.75, 3.05) is 6.61 Å². The van der Waals surface area contributed by atoms with Gasteiger partial charge in [-0.1, -0.05) is 13.8 Å². The average Bonchev–Trinajstić information content (AvgIpc) is 2.91. The Morgan fingerprint density at radius 1 is 1.26 bits per heavy atom. The van der Waals surface area contributed by atoms with Crippen LogP contribution in [-0.4, -0.2) is 50.9 Å². The van der Waals surface area contributed by atoms with Crippen LogP contribution in [0.5, 0.6) is 0 Å². The first kappa shape index (κ1) is 20.6. The molecule has 5 nitrogen and oxygen atoms in total. The summed E-state index contributed by atoms with van der Waals surface area (Å²) in [5, 5.41) is 23.7. The van der Waals surface area contributed by atoms with Crippen LogP contribution in [0.25, 0.3) is 0 Å². The SMILES string of the molecule is CC(C)c1nccc(CC2C(NC3CCC(F)(F)CC3)CC(O)C2CO)n1. The van der Waals surface area contributed by atoms with Crippen LogP contribution in [0, 0.1) is 11.8 Å². The van der Waals surface area contributed by atoms with E-state index in [4.69, 9.17) is 0 Å². The molecular weight excluding hydrogens is 352 g/mol. The van der Waals surface area contributed by atoms with Crippen LogP contribution < -0.4 is 5.32 Å². The van der Waals surface area contributed by atoms with Crippen molar-refractivity contribution in [2.24, 2.45) is 11.8 Å². The minimum atomic E-state index is -2.55. The zero-order valence-corrected chi connectivity index (χ0v) is 16.1. The molecule has 4 unspecified atom stereocenters. The zero-order chi connectivity index (χ0) is 19.6. The summed E-state index contributed by atoms with van der Waals surface area (Å²) in [7, 11) is 0. The van der Waals surface area contributed by atoms with Crippen LogP contribution in [0.3, 0.4) is 0 Å². The Kier molecular flexibility index (Phi) is 6.43. The highest BCUT2D eigenvalue weighted by atomic mass is 19.3. The van der Waals surface area contributed by atoms with Crippen LogP contribution in [0.15, 0.2) is 12.3 Å². The topological polar surface area (TPSA) is 78.3 Å². The summed E-state index contributed by atoms with van der Waals surface area (Å²) in [4.78, 5) is 8.93. The Morgan fingerprint density at radius 2 is 1.96 bits per heavy atom. The number of hydrogen-bond acceptors (Lipinski definition) is 5. The van der Waals surface area contributed by atoms with E-state index in [0.29, 0.717) is 25.7 Å². The first-order valence-electron chi connectivity index (χ1n) is 10.0. The van der Waals surface area contributed by atoms with Crippen molar-refractivity contribution in [3.05, 3.63) is 23.8 Å². The van der Waals surface area contributed by atoms with E-state index in [1.165, 1.54) is 0 Å². The van der Waals surface area contributed by atoms with Gasteiger partial charge in [0.15, 0.2) is 0 Å². The van der Waals surface area contributed by atoms with E-state index in [1.54, 1.807) is 6.20 Å². The summed E-state index contributed by atoms with van der Waals surface area (Å²) in [6, 6.07) is 1.91. The molecule has 2 saturated carbocycles. The fourth-order valence-corrected chi connectivity index (χ4v) is 4.49. The number of nitrogens with zero attached hydrogens (tertiary/aromatic N) is 2. The molecule has 1 heterocycles. The molecule has 2 aliphatic rings. The highest BCUT2D eigenvalue weighted by molar-refractivity contribution is 5.09. The van der Waals surface area contributed by atoms with Crippen LogP contribution in [0.2, 0.25) is 0 Å². The average molecular weight is 383 g/mol. The number of hydrogen-bond donors (Lipinski definition) is 3. The number of rotatable bonds is 6. The number of halogens is 2. The summed E-state index contributed by atoms with van der Waals surface area (Å²) >= 11 is 0. The van der Waals surface area contributed by atoms with Crippen LogP contribution in [0.1, 0.15) is 63.4 Å². The van der Waals surface area contributed by atoms with Gasteiger partial charge in [0.25, 0.3) is 0 Å². The second-order valence-electron chi connectivity index (χ2n) is 8.48. The maximum absolute atomic E-state index is 13.4. The van der Waals surface area contributed by atoms with Gasteiger partial charge < -0.3 is 15.5 Å². The second kappa shape index (κ2) is 8.45. The molecule has 0 amide bonds. The molecule has 0 aliphatic heterocycles. The summed E-state index contributed by atoms with van der Waals surface area (Å²) in [5.74, 6) is -1.75. The summed E-state index contributed by atoms with van der Waals surface area (Å²) in [5.41, 5.74) is 0.897. The normalized spacial score (nSPS) is 31.5. The van der Waals surface area contributed by atoms with E-state index in [1.807, 2.05) is 19.9 Å². The fraction of sp³-hybridized carbons (Fsp3) is 0.800. The fourth-order valence-electron chi connectivity index (χ4n) is 4.49. The number of alkyl halides is 2. The molecule has 3 rings (SSSR count). The molecule has 1 aromatic heterocycles. The molecule has 1 aromatic rings. The number of nitrogens with one attached hydrogen (secondary N) is 1. The van der Waals surface area contributed by atoms with Crippen LogP contribution in [0.4, 0.5) is 8.78 Å². The minimum absolute atomic E-state index is 0.00802. The molecule has 2 aliphatic carbocycles. The molecular formula is C20H31F2N3O2. The molecule has 3 N–H and O–H groups in total. The quantitative estimate of drug-likeness (QED) is 0.704. The van der Waals surface area contributed by atoms with Gasteiger partial charge >= 0.3 is 0 Å². The highest BCUT2D eigenvalue weighted by Crippen LogP contribution is 2.38. The van der Waals surface area contributed by atoms with Gasteiger partial charge in [-0.25, -0.2) is 18.7 Å². The summed E-state index contributed by atoms with van der Waals surface area (Å²) < 4.78 is 26.8. The zero-order valence-electron chi connectivity index (χ0n) is 16.1. The Labute approximate surface area is 159 Å². The van der Waals surface area contributed by atoms with Gasteiger partial charge in [0, 0.05) is 55.3 Å². The maximum Gasteiger partial charge on any atom is 0.248 e. The molecule has 0 bridgehead atoms. The van der Waals surface area contributed by atoms with Crippen molar-refractivity contribution in [3.63, 3.8) is 0 Å². The molecule has 0 radical (unpaired) electrons. The first-order valence-corrected chi connectivity index (χ1v) is 10.0. The molecule has 2 fully saturated rings. The Hall–Kier alpha value is -1.18. The van der Waals surface area contributed by atoms with E-state index in [-0.39, 0.29) is 49.3 Å². The van der Waals surface area contributed by atoms with Crippen LogP contribution in [-0.2, 0) is 6.42 Å². The molecule has 27 heavy (non-hydrogen) atoms. The number of aromatic nitrogens is 2. The third kappa shape index (κ3) is 5.00. The third-order valence-corrected chi connectivity index (χ3v) is 6.13. The van der Waals surface area contributed by atoms with Gasteiger partial charge in [-0.2, -0.15) is 0 Å². The van der Waals surface area contributed by atoms with Gasteiger partial charge in [-0.05, 0) is 37.7 Å². The number of aliphatic hydroxyl groups is 2. The predicted octanol–water partition coefficient (Wildman–Crippen LogP) is 2.67. The smallest absolute Gasteiger partial charge is 0.248 e. The molecule has 0 spiro atoms. The van der Waals surface area contributed by atoms with Gasteiger partial charge in [0.1, 0.15) is 5.82 Å². The monoisotopic (exact) mass is 383 g/mol. The first-order chi connectivity index (χ1) is 12.8. The minimum Gasteiger partial charge on any atom is -0.396 e. The third-order valence-electron chi connectivity index (χ3n) is 6.13. The van der Waals surface area contributed by atoms with Crippen molar-refractivity contribution >= 4 is 0 Å². The van der Waals surface area contributed by atoms with E-state index >= 15 is 0 Å². The van der Waals surface area contributed by atoms with Gasteiger partial charge in [-0.3, -0.25) is 0 Å². The largest absolute Gasteiger partial charge is 0.396 e. The Balaban J connectivity index is 1.70. The molecule has 4 atom stereocenters. The van der Waals surface area contributed by atoms with Crippen molar-refractivity contribution in [1.82, 2.24) is 15.3 Å². The summed E-state index contributed by atoms with van der Waals surface area (Å²) in [6.07, 6.45) is 3.05. The second-order valence-corrected chi connectivity index (χ2v) is 8.48. The lowest BCUT2D eigenvalue weighted by molar-refractivity contribution is -0.0417. The van der Waals surface area contributed by atoms with Crippen LogP contribution >= 0.6 is 0 Å². The molecule has 0 saturated heterocycles. The van der Waals surface area contributed by atoms with E-state index < -0.39 is 12.0 Å². The lowest BCUT2D eigenvalue weighted by Crippen LogP contribution is -2.45. The molecule has 152 valence electrons.